The van der Waals surface area contributed by atoms with Gasteiger partial charge in [0, 0.05) is 11.7 Å². The molecule has 0 saturated carbocycles. The molecule has 0 spiro atoms. The largest absolute Gasteiger partial charge is 0.497 e. The first-order valence-electron chi connectivity index (χ1n) is 14.0. The highest BCUT2D eigenvalue weighted by molar-refractivity contribution is 5.99. The number of nitrogens with zero attached hydrogens (tertiary/aromatic N) is 1. The summed E-state index contributed by atoms with van der Waals surface area (Å²) in [6.45, 7) is 17.0. The topological polar surface area (TPSA) is 97.0 Å². The maximum Gasteiger partial charge on any atom is 0.408 e. The molecule has 0 aromatic heterocycles. The number of anilines is 1. The molecule has 8 heteroatoms. The highest BCUT2D eigenvalue weighted by Crippen LogP contribution is 2.32. The molecule has 2 aromatic carbocycles. The van der Waals surface area contributed by atoms with Crippen LogP contribution < -0.4 is 15.4 Å². The van der Waals surface area contributed by atoms with Crippen LogP contribution >= 0.6 is 0 Å². The smallest absolute Gasteiger partial charge is 0.408 e. The van der Waals surface area contributed by atoms with Crippen molar-refractivity contribution < 1.29 is 23.9 Å². The molecular weight excluding hydrogens is 506 g/mol. The van der Waals surface area contributed by atoms with Crippen LogP contribution in [0.3, 0.4) is 0 Å². The van der Waals surface area contributed by atoms with E-state index in [9.17, 15) is 14.4 Å². The van der Waals surface area contributed by atoms with Crippen LogP contribution in [0.25, 0.3) is 0 Å². The molecule has 0 bridgehead atoms. The zero-order valence-corrected chi connectivity index (χ0v) is 25.8. The van der Waals surface area contributed by atoms with E-state index in [1.165, 1.54) is 0 Å². The average molecular weight is 554 g/mol. The predicted octanol–water partition coefficient (Wildman–Crippen LogP) is 6.56. The summed E-state index contributed by atoms with van der Waals surface area (Å²) in [6, 6.07) is 10.8. The molecule has 8 nitrogen and oxygen atoms in total. The van der Waals surface area contributed by atoms with Crippen molar-refractivity contribution in [1.29, 1.82) is 0 Å². The van der Waals surface area contributed by atoms with Gasteiger partial charge >= 0.3 is 6.09 Å². The second-order valence-electron chi connectivity index (χ2n) is 11.9. The van der Waals surface area contributed by atoms with Gasteiger partial charge in [0.1, 0.15) is 23.4 Å². The van der Waals surface area contributed by atoms with Crippen LogP contribution in [0.15, 0.2) is 42.5 Å². The van der Waals surface area contributed by atoms with Crippen molar-refractivity contribution in [1.82, 2.24) is 10.2 Å². The number of methoxy groups -OCH3 is 1. The minimum absolute atomic E-state index is 0.289. The van der Waals surface area contributed by atoms with Crippen LogP contribution in [0.4, 0.5) is 10.5 Å². The number of hydrogen-bond acceptors (Lipinski definition) is 5. The Morgan fingerprint density at radius 1 is 0.900 bits per heavy atom. The first kappa shape index (κ1) is 32.7. The Morgan fingerprint density at radius 2 is 1.48 bits per heavy atom. The number of nitrogens with one attached hydrogen (secondary N) is 2. The zero-order valence-electron chi connectivity index (χ0n) is 25.8. The molecule has 2 N–H and O–H groups in total. The highest BCUT2D eigenvalue weighted by Gasteiger charge is 2.39. The van der Waals surface area contributed by atoms with Gasteiger partial charge in [-0.3, -0.25) is 9.59 Å². The Balaban J connectivity index is 2.58. The van der Waals surface area contributed by atoms with Crippen molar-refractivity contribution in [3.8, 4) is 5.75 Å². The third-order valence-electron chi connectivity index (χ3n) is 6.69. The van der Waals surface area contributed by atoms with E-state index in [0.29, 0.717) is 23.8 Å². The highest BCUT2D eigenvalue weighted by atomic mass is 16.6. The van der Waals surface area contributed by atoms with Gasteiger partial charge in [-0.05, 0) is 108 Å². The van der Waals surface area contributed by atoms with Gasteiger partial charge in [-0.2, -0.15) is 0 Å². The van der Waals surface area contributed by atoms with Crippen molar-refractivity contribution in [2.75, 3.05) is 12.4 Å². The molecule has 0 fully saturated rings. The Bertz CT molecular complexity index is 1130. The molecule has 0 aliphatic carbocycles. The first-order chi connectivity index (χ1) is 18.6. The maximum atomic E-state index is 14.2. The van der Waals surface area contributed by atoms with Gasteiger partial charge in [-0.15, -0.1) is 0 Å². The van der Waals surface area contributed by atoms with Crippen molar-refractivity contribution in [2.24, 2.45) is 5.92 Å². The SMILES string of the molecule is COc1ccc(NC(=O)C(c2c(C)cccc2C)N(C(=O)C(C)NC(=O)OC(C)(C)C)C(C)CCC(C)C)cc1. The summed E-state index contributed by atoms with van der Waals surface area (Å²) in [4.78, 5) is 42.5. The molecule has 0 heterocycles. The summed E-state index contributed by atoms with van der Waals surface area (Å²) < 4.78 is 10.6. The molecule has 220 valence electrons. The van der Waals surface area contributed by atoms with E-state index in [1.807, 2.05) is 39.0 Å². The number of ether oxygens (including phenoxy) is 2. The Kier molecular flexibility index (Phi) is 11.6. The third-order valence-corrected chi connectivity index (χ3v) is 6.69. The number of aryl methyl sites for hydroxylation is 2. The Morgan fingerprint density at radius 3 is 1.98 bits per heavy atom. The van der Waals surface area contributed by atoms with Gasteiger partial charge in [-0.1, -0.05) is 32.0 Å². The quantitative estimate of drug-likeness (QED) is 0.329. The summed E-state index contributed by atoms with van der Waals surface area (Å²) in [5, 5.41) is 5.69. The van der Waals surface area contributed by atoms with E-state index in [-0.39, 0.29) is 17.9 Å². The van der Waals surface area contributed by atoms with Crippen LogP contribution in [-0.2, 0) is 14.3 Å². The molecular formula is C32H47N3O5. The average Bonchev–Trinajstić information content (AvgIpc) is 2.85. The van der Waals surface area contributed by atoms with Gasteiger partial charge in [0.05, 0.1) is 7.11 Å². The number of amides is 3. The van der Waals surface area contributed by atoms with Gasteiger partial charge in [0.2, 0.25) is 5.91 Å². The standard InChI is InChI=1S/C32H47N3O5/c1-20(2)14-15-23(5)35(30(37)24(6)33-31(38)40-32(7,8)9)28(27-21(3)12-11-13-22(27)4)29(36)34-25-16-18-26(39-10)19-17-25/h11-13,16-20,23-24,28H,14-15H2,1-10H3,(H,33,38)(H,34,36). The fraction of sp³-hybridized carbons (Fsp3) is 0.531. The lowest BCUT2D eigenvalue weighted by Gasteiger charge is -2.39. The van der Waals surface area contributed by atoms with E-state index < -0.39 is 23.8 Å². The lowest BCUT2D eigenvalue weighted by Crippen LogP contribution is -2.54. The van der Waals surface area contributed by atoms with E-state index >= 15 is 0 Å². The van der Waals surface area contributed by atoms with Crippen LogP contribution in [-0.4, -0.2) is 47.6 Å². The number of rotatable bonds is 11. The minimum atomic E-state index is -0.930. The molecule has 0 saturated heterocycles. The maximum absolute atomic E-state index is 14.2. The molecule has 3 amide bonds. The van der Waals surface area contributed by atoms with Crippen LogP contribution in [0.2, 0.25) is 0 Å². The fourth-order valence-electron chi connectivity index (χ4n) is 4.62. The van der Waals surface area contributed by atoms with Gasteiger partial charge in [0.15, 0.2) is 0 Å². The second-order valence-corrected chi connectivity index (χ2v) is 11.9. The van der Waals surface area contributed by atoms with Crippen molar-refractivity contribution in [3.63, 3.8) is 0 Å². The lowest BCUT2D eigenvalue weighted by molar-refractivity contribution is -0.143. The van der Waals surface area contributed by atoms with E-state index in [4.69, 9.17) is 9.47 Å². The van der Waals surface area contributed by atoms with Gasteiger partial charge in [-0.25, -0.2) is 4.79 Å². The number of alkyl carbamates (subject to hydrolysis) is 1. The third kappa shape index (κ3) is 9.28. The molecule has 3 unspecified atom stereocenters. The van der Waals surface area contributed by atoms with E-state index in [1.54, 1.807) is 64.0 Å². The molecule has 40 heavy (non-hydrogen) atoms. The summed E-state index contributed by atoms with van der Waals surface area (Å²) in [5.41, 5.74) is 2.44. The summed E-state index contributed by atoms with van der Waals surface area (Å²) in [7, 11) is 1.58. The van der Waals surface area contributed by atoms with Crippen LogP contribution in [0, 0.1) is 19.8 Å². The molecule has 3 atom stereocenters. The Labute approximate surface area is 239 Å². The summed E-state index contributed by atoms with van der Waals surface area (Å²) in [5.74, 6) is 0.394. The number of carbonyl (C=O) groups is 3. The molecule has 0 radical (unpaired) electrons. The fourth-order valence-corrected chi connectivity index (χ4v) is 4.62. The number of benzene rings is 2. The van der Waals surface area contributed by atoms with E-state index in [2.05, 4.69) is 24.5 Å². The van der Waals surface area contributed by atoms with Crippen molar-refractivity contribution in [2.45, 2.75) is 98.9 Å². The summed E-state index contributed by atoms with van der Waals surface area (Å²) >= 11 is 0. The van der Waals surface area contributed by atoms with E-state index in [0.717, 1.165) is 23.1 Å². The van der Waals surface area contributed by atoms with Gasteiger partial charge < -0.3 is 25.0 Å². The van der Waals surface area contributed by atoms with Crippen molar-refractivity contribution in [3.05, 3.63) is 59.2 Å². The molecule has 0 aliphatic heterocycles. The van der Waals surface area contributed by atoms with Crippen LogP contribution in [0.5, 0.6) is 5.75 Å². The molecule has 2 aromatic rings. The number of carbonyl (C=O) groups excluding carboxylic acids is 3. The lowest BCUT2D eigenvalue weighted by atomic mass is 9.91. The minimum Gasteiger partial charge on any atom is -0.497 e. The zero-order chi connectivity index (χ0) is 30.2. The summed E-state index contributed by atoms with van der Waals surface area (Å²) in [6.07, 6.45) is 0.882. The first-order valence-corrected chi connectivity index (χ1v) is 14.0. The number of hydrogen-bond donors (Lipinski definition) is 2. The Hall–Kier alpha value is -3.55. The normalized spacial score (nSPS) is 13.7. The molecule has 2 rings (SSSR count). The molecule has 0 aliphatic rings. The second kappa shape index (κ2) is 14.2. The monoisotopic (exact) mass is 553 g/mol. The van der Waals surface area contributed by atoms with Crippen LogP contribution in [0.1, 0.15) is 84.0 Å². The van der Waals surface area contributed by atoms with Gasteiger partial charge in [0.25, 0.3) is 5.91 Å². The predicted molar refractivity (Wildman–Crippen MR) is 159 cm³/mol. The van der Waals surface area contributed by atoms with Crippen molar-refractivity contribution >= 4 is 23.6 Å².